The molecule has 0 saturated carbocycles. The Bertz CT molecular complexity index is 1870. The number of methoxy groups -OCH3 is 2. The van der Waals surface area contributed by atoms with E-state index in [-0.39, 0.29) is 17.7 Å². The van der Waals surface area contributed by atoms with Crippen LogP contribution in [0.15, 0.2) is 89.9 Å². The number of para-hydroxylation sites is 1. The second-order valence-electron chi connectivity index (χ2n) is 9.93. The molecule has 0 fully saturated rings. The minimum Gasteiger partial charge on any atom is -0.493 e. The van der Waals surface area contributed by atoms with E-state index in [4.69, 9.17) is 14.2 Å². The maximum Gasteiger partial charge on any atom is 0.282 e. The third kappa shape index (κ3) is 5.41. The van der Waals surface area contributed by atoms with Gasteiger partial charge in [-0.3, -0.25) is 19.3 Å². The fourth-order valence-electron chi connectivity index (χ4n) is 4.91. The first kappa shape index (κ1) is 28.4. The van der Waals surface area contributed by atoms with Gasteiger partial charge >= 0.3 is 0 Å². The number of rotatable bonds is 10. The number of ketones is 1. The Kier molecular flexibility index (Phi) is 7.93. The number of fused-ring (bicyclic) bond motifs is 1. The topological polar surface area (TPSA) is 84.6 Å². The van der Waals surface area contributed by atoms with Crippen LogP contribution in [0.5, 0.6) is 23.0 Å². The van der Waals surface area contributed by atoms with Gasteiger partial charge in [0.05, 0.1) is 32.0 Å². The van der Waals surface area contributed by atoms with E-state index in [1.807, 2.05) is 25.1 Å². The summed E-state index contributed by atoms with van der Waals surface area (Å²) < 4.78 is 35.1. The third-order valence-corrected chi connectivity index (χ3v) is 6.88. The number of carbonyl (C=O) groups is 1. The number of Topliss-reactive ketones (excluding diaryl/α,β-unsaturated/α-hetero) is 1. The van der Waals surface area contributed by atoms with Crippen molar-refractivity contribution in [3.63, 3.8) is 0 Å². The molecule has 0 radical (unpaired) electrons. The number of aromatic nitrogens is 3. The highest BCUT2D eigenvalue weighted by Gasteiger charge is 2.24. The molecule has 0 unspecified atom stereocenters. The van der Waals surface area contributed by atoms with Gasteiger partial charge in [0.1, 0.15) is 11.3 Å². The molecule has 0 spiro atoms. The number of pyridine rings is 1. The highest BCUT2D eigenvalue weighted by molar-refractivity contribution is 5.98. The Morgan fingerprint density at radius 2 is 1.67 bits per heavy atom. The molecule has 2 aromatic heterocycles. The van der Waals surface area contributed by atoms with Gasteiger partial charge < -0.3 is 14.2 Å². The number of halogens is 1. The van der Waals surface area contributed by atoms with E-state index in [2.05, 4.69) is 11.6 Å². The smallest absolute Gasteiger partial charge is 0.282 e. The highest BCUT2D eigenvalue weighted by Crippen LogP contribution is 2.37. The quantitative estimate of drug-likeness (QED) is 0.143. The van der Waals surface area contributed by atoms with Crippen LogP contribution in [0.2, 0.25) is 0 Å². The zero-order valence-corrected chi connectivity index (χ0v) is 23.8. The number of ether oxygens (including phenoxy) is 3. The van der Waals surface area contributed by atoms with E-state index in [0.29, 0.717) is 51.6 Å². The van der Waals surface area contributed by atoms with Gasteiger partial charge in [-0.1, -0.05) is 36.4 Å². The number of carbonyl (C=O) groups excluding carboxylic acids is 1. The van der Waals surface area contributed by atoms with Gasteiger partial charge in [-0.05, 0) is 55.8 Å². The molecule has 5 aromatic rings. The van der Waals surface area contributed by atoms with Crippen molar-refractivity contribution >= 4 is 16.7 Å². The number of hydrogen-bond acceptors (Lipinski definition) is 6. The van der Waals surface area contributed by atoms with Gasteiger partial charge in [-0.2, -0.15) is 0 Å². The van der Waals surface area contributed by atoms with Crippen molar-refractivity contribution in [3.05, 3.63) is 118 Å². The standard InChI is InChI=1S/C33H30FN3O5/c1-20(2)19-36-21(3)32(33(39)37(36)23-9-7-6-8-10-23)27(38)16-22-11-12-29(25(34)15-22)42-28-13-14-35-26-18-31(41-5)30(40-4)17-24(26)28/h6-15,17-18H,1,16,19H2,2-5H3. The average Bonchev–Trinajstić information content (AvgIpc) is 3.22. The van der Waals surface area contributed by atoms with Crippen molar-refractivity contribution < 1.29 is 23.4 Å². The van der Waals surface area contributed by atoms with Crippen LogP contribution in [0.25, 0.3) is 16.6 Å². The molecule has 0 aliphatic heterocycles. The Hall–Kier alpha value is -5.18. The van der Waals surface area contributed by atoms with Gasteiger partial charge in [-0.15, -0.1) is 0 Å². The molecule has 0 atom stereocenters. The van der Waals surface area contributed by atoms with Crippen molar-refractivity contribution in [2.24, 2.45) is 0 Å². The van der Waals surface area contributed by atoms with E-state index >= 15 is 4.39 Å². The third-order valence-electron chi connectivity index (χ3n) is 6.88. The van der Waals surface area contributed by atoms with Crippen molar-refractivity contribution in [1.29, 1.82) is 0 Å². The molecule has 0 N–H and O–H groups in total. The molecule has 9 heteroatoms. The predicted molar refractivity (Wildman–Crippen MR) is 159 cm³/mol. The van der Waals surface area contributed by atoms with Crippen LogP contribution in [0.3, 0.4) is 0 Å². The largest absolute Gasteiger partial charge is 0.493 e. The first-order valence-electron chi connectivity index (χ1n) is 13.2. The van der Waals surface area contributed by atoms with Crippen molar-refractivity contribution in [3.8, 4) is 28.7 Å². The van der Waals surface area contributed by atoms with Gasteiger partial charge in [0.15, 0.2) is 28.8 Å². The van der Waals surface area contributed by atoms with E-state index in [9.17, 15) is 9.59 Å². The van der Waals surface area contributed by atoms with Gasteiger partial charge in [0.25, 0.3) is 5.56 Å². The normalized spacial score (nSPS) is 11.0. The molecular weight excluding hydrogens is 537 g/mol. The lowest BCUT2D eigenvalue weighted by Crippen LogP contribution is -2.24. The second kappa shape index (κ2) is 11.7. The predicted octanol–water partition coefficient (Wildman–Crippen LogP) is 6.45. The number of benzene rings is 3. The molecule has 42 heavy (non-hydrogen) atoms. The van der Waals surface area contributed by atoms with Crippen LogP contribution in [0.1, 0.15) is 28.5 Å². The number of hydrogen-bond donors (Lipinski definition) is 0. The molecule has 0 amide bonds. The van der Waals surface area contributed by atoms with E-state index < -0.39 is 17.2 Å². The summed E-state index contributed by atoms with van der Waals surface area (Å²) in [7, 11) is 3.05. The van der Waals surface area contributed by atoms with E-state index in [1.54, 1.807) is 54.2 Å². The molecule has 0 bridgehead atoms. The fourth-order valence-corrected chi connectivity index (χ4v) is 4.91. The molecule has 8 nitrogen and oxygen atoms in total. The second-order valence-corrected chi connectivity index (χ2v) is 9.93. The zero-order valence-electron chi connectivity index (χ0n) is 23.8. The Morgan fingerprint density at radius 3 is 2.33 bits per heavy atom. The van der Waals surface area contributed by atoms with Crippen molar-refractivity contribution in [2.45, 2.75) is 26.8 Å². The van der Waals surface area contributed by atoms with Gasteiger partial charge in [0, 0.05) is 29.8 Å². The van der Waals surface area contributed by atoms with E-state index in [0.717, 1.165) is 5.57 Å². The minimum absolute atomic E-state index is 0.0243. The number of nitrogens with zero attached hydrogens (tertiary/aromatic N) is 3. The summed E-state index contributed by atoms with van der Waals surface area (Å²) in [6, 6.07) is 18.5. The molecular formula is C33H30FN3O5. The average molecular weight is 568 g/mol. The maximum atomic E-state index is 15.3. The Balaban J connectivity index is 1.43. The zero-order chi connectivity index (χ0) is 30.0. The molecule has 5 rings (SSSR count). The molecule has 0 aliphatic rings. The lowest BCUT2D eigenvalue weighted by Gasteiger charge is -2.13. The van der Waals surface area contributed by atoms with Crippen LogP contribution in [0, 0.1) is 12.7 Å². The summed E-state index contributed by atoms with van der Waals surface area (Å²) in [6.45, 7) is 7.93. The fraction of sp³-hybridized carbons (Fsp3) is 0.182. The first-order chi connectivity index (χ1) is 20.2. The molecule has 2 heterocycles. The van der Waals surface area contributed by atoms with Crippen molar-refractivity contribution in [1.82, 2.24) is 14.3 Å². The Morgan fingerprint density at radius 1 is 0.952 bits per heavy atom. The van der Waals surface area contributed by atoms with Crippen LogP contribution in [0.4, 0.5) is 4.39 Å². The summed E-state index contributed by atoms with van der Waals surface area (Å²) in [4.78, 5) is 31.3. The summed E-state index contributed by atoms with van der Waals surface area (Å²) in [6.07, 6.45) is 1.40. The number of allylic oxidation sites excluding steroid dienone is 1. The highest BCUT2D eigenvalue weighted by atomic mass is 19.1. The minimum atomic E-state index is -0.649. The van der Waals surface area contributed by atoms with Gasteiger partial charge in [-0.25, -0.2) is 9.07 Å². The Labute approximate surface area is 242 Å². The van der Waals surface area contributed by atoms with Crippen molar-refractivity contribution in [2.75, 3.05) is 14.2 Å². The first-order valence-corrected chi connectivity index (χ1v) is 13.2. The monoisotopic (exact) mass is 567 g/mol. The lowest BCUT2D eigenvalue weighted by atomic mass is 10.0. The SMILES string of the molecule is C=C(C)Cn1c(C)c(C(=O)Cc2ccc(Oc3ccnc4cc(OC)c(OC)cc34)c(F)c2)c(=O)n1-c1ccccc1. The summed E-state index contributed by atoms with van der Waals surface area (Å²) in [5.41, 5.74) is 2.62. The van der Waals surface area contributed by atoms with Gasteiger partial charge in [0.2, 0.25) is 0 Å². The van der Waals surface area contributed by atoms with Crippen LogP contribution < -0.4 is 19.8 Å². The van der Waals surface area contributed by atoms with Crippen LogP contribution >= 0.6 is 0 Å². The summed E-state index contributed by atoms with van der Waals surface area (Å²) >= 11 is 0. The lowest BCUT2D eigenvalue weighted by molar-refractivity contribution is 0.0991. The summed E-state index contributed by atoms with van der Waals surface area (Å²) in [5.74, 6) is 0.288. The van der Waals surface area contributed by atoms with Crippen LogP contribution in [-0.4, -0.2) is 34.4 Å². The maximum absolute atomic E-state index is 15.3. The van der Waals surface area contributed by atoms with E-state index in [1.165, 1.54) is 31.0 Å². The summed E-state index contributed by atoms with van der Waals surface area (Å²) in [5, 5.41) is 0.609. The molecule has 0 aliphatic carbocycles. The molecule has 0 saturated heterocycles. The van der Waals surface area contributed by atoms with Crippen LogP contribution in [-0.2, 0) is 13.0 Å². The molecule has 214 valence electrons. The molecule has 3 aromatic carbocycles.